The molecule has 4 heteroatoms. The van der Waals surface area contributed by atoms with E-state index in [9.17, 15) is 9.90 Å². The highest BCUT2D eigenvalue weighted by Crippen LogP contribution is 2.18. The average molecular weight is 254 g/mol. The van der Waals surface area contributed by atoms with Crippen LogP contribution in [0.4, 0.5) is 0 Å². The first-order valence-electron chi connectivity index (χ1n) is 5.59. The summed E-state index contributed by atoms with van der Waals surface area (Å²) in [6.07, 6.45) is 5.22. The van der Waals surface area contributed by atoms with Gasteiger partial charge in [0.25, 0.3) is 0 Å². The van der Waals surface area contributed by atoms with E-state index in [1.807, 2.05) is 12.2 Å². The molecule has 1 N–H and O–H groups in total. The van der Waals surface area contributed by atoms with Gasteiger partial charge in [0.15, 0.2) is 0 Å². The number of aliphatic hydroxyl groups excluding tert-OH is 1. The van der Waals surface area contributed by atoms with E-state index in [-0.39, 0.29) is 6.42 Å². The van der Waals surface area contributed by atoms with Crippen molar-refractivity contribution in [3.8, 4) is 0 Å². The first kappa shape index (κ1) is 14.1. The maximum atomic E-state index is 11.5. The van der Waals surface area contributed by atoms with Crippen LogP contribution in [0.5, 0.6) is 0 Å². The lowest BCUT2D eigenvalue weighted by atomic mass is 9.97. The minimum atomic E-state index is -0.873. The van der Waals surface area contributed by atoms with Gasteiger partial charge in [-0.25, -0.2) is 0 Å². The fourth-order valence-corrected chi connectivity index (χ4v) is 1.81. The quantitative estimate of drug-likeness (QED) is 0.620. The molecule has 3 nitrogen and oxygen atoms in total. The van der Waals surface area contributed by atoms with Crippen molar-refractivity contribution in [3.63, 3.8) is 0 Å². The highest BCUT2D eigenvalue weighted by Gasteiger charge is 2.23. The third kappa shape index (κ3) is 4.79. The summed E-state index contributed by atoms with van der Waals surface area (Å²) in [6, 6.07) is 0. The van der Waals surface area contributed by atoms with Crippen LogP contribution in [0.1, 0.15) is 33.6 Å². The molecular formula is C13H18O3S. The lowest BCUT2D eigenvalue weighted by Gasteiger charge is -2.22. The minimum Gasteiger partial charge on any atom is -0.460 e. The normalized spacial score (nSPS) is 17.6. The molecule has 0 aromatic rings. The topological polar surface area (TPSA) is 46.5 Å². The second-order valence-electron chi connectivity index (χ2n) is 4.98. The van der Waals surface area contributed by atoms with Crippen LogP contribution >= 0.6 is 12.2 Å². The number of allylic oxidation sites excluding steroid dienone is 3. The van der Waals surface area contributed by atoms with E-state index in [2.05, 4.69) is 0 Å². The summed E-state index contributed by atoms with van der Waals surface area (Å²) in [4.78, 5) is 12.2. The third-order valence-electron chi connectivity index (χ3n) is 2.18. The Morgan fingerprint density at radius 1 is 1.59 bits per heavy atom. The van der Waals surface area contributed by atoms with Gasteiger partial charge in [-0.3, -0.25) is 4.79 Å². The number of esters is 1. The number of hydrogen-bond acceptors (Lipinski definition) is 4. The lowest BCUT2D eigenvalue weighted by Crippen LogP contribution is -2.28. The van der Waals surface area contributed by atoms with Crippen molar-refractivity contribution < 1.29 is 14.6 Å². The molecule has 1 atom stereocenters. The predicted molar refractivity (Wildman–Crippen MR) is 70.9 cm³/mol. The molecule has 17 heavy (non-hydrogen) atoms. The highest BCUT2D eigenvalue weighted by atomic mass is 32.1. The molecule has 0 saturated carbocycles. The molecule has 94 valence electrons. The number of thiocarbonyl (C=S) groups is 1. The van der Waals surface area contributed by atoms with Crippen LogP contribution in [-0.4, -0.2) is 27.6 Å². The molecule has 0 heterocycles. The van der Waals surface area contributed by atoms with Gasteiger partial charge in [-0.1, -0.05) is 30.4 Å². The Labute approximate surface area is 107 Å². The average Bonchev–Trinajstić information content (AvgIpc) is 2.14. The van der Waals surface area contributed by atoms with Crippen LogP contribution in [0.3, 0.4) is 0 Å². The summed E-state index contributed by atoms with van der Waals surface area (Å²) in [5.41, 5.74) is 0.117. The summed E-state index contributed by atoms with van der Waals surface area (Å²) in [5, 5.41) is 9.92. The number of carbonyl (C=O) groups is 1. The predicted octanol–water partition coefficient (Wildman–Crippen LogP) is 2.34. The first-order chi connectivity index (χ1) is 7.79. The molecule has 0 aromatic heterocycles. The summed E-state index contributed by atoms with van der Waals surface area (Å²) in [5.74, 6) is -0.414. The van der Waals surface area contributed by atoms with Crippen LogP contribution in [0, 0.1) is 0 Å². The molecule has 0 aliphatic heterocycles. The maximum Gasteiger partial charge on any atom is 0.309 e. The number of aliphatic hydroxyl groups is 1. The second-order valence-corrected chi connectivity index (χ2v) is 5.48. The second kappa shape index (κ2) is 5.56. The lowest BCUT2D eigenvalue weighted by molar-refractivity contribution is -0.156. The molecule has 0 radical (unpaired) electrons. The van der Waals surface area contributed by atoms with E-state index in [0.717, 1.165) is 0 Å². The van der Waals surface area contributed by atoms with Gasteiger partial charge in [0.2, 0.25) is 0 Å². The van der Waals surface area contributed by atoms with Gasteiger partial charge >= 0.3 is 5.97 Å². The molecule has 0 fully saturated rings. The van der Waals surface area contributed by atoms with Crippen LogP contribution in [-0.2, 0) is 9.53 Å². The van der Waals surface area contributed by atoms with Crippen LogP contribution < -0.4 is 0 Å². The van der Waals surface area contributed by atoms with E-state index in [1.165, 1.54) is 0 Å². The number of hydrogen-bond donors (Lipinski definition) is 1. The molecule has 0 spiro atoms. The van der Waals surface area contributed by atoms with Crippen molar-refractivity contribution in [2.24, 2.45) is 0 Å². The van der Waals surface area contributed by atoms with Gasteiger partial charge in [-0.15, -0.1) is 0 Å². The standard InChI is InChI=1S/C13H18O3S/c1-13(2,3)16-12(15)8-10(14)9-6-4-5-7-11(9)17/h4-6,10,14H,7-8H2,1-3H3/t10-/m1/s1. The van der Waals surface area contributed by atoms with Gasteiger partial charge in [0.1, 0.15) is 5.60 Å². The number of rotatable bonds is 3. The Hall–Kier alpha value is -1.00. The van der Waals surface area contributed by atoms with Crippen LogP contribution in [0.25, 0.3) is 0 Å². The zero-order valence-electron chi connectivity index (χ0n) is 10.4. The summed E-state index contributed by atoms with van der Waals surface area (Å²) >= 11 is 5.13. The van der Waals surface area contributed by atoms with E-state index in [4.69, 9.17) is 17.0 Å². The largest absolute Gasteiger partial charge is 0.460 e. The van der Waals surface area contributed by atoms with Gasteiger partial charge in [0, 0.05) is 11.3 Å². The fraction of sp³-hybridized carbons (Fsp3) is 0.538. The molecule has 0 unspecified atom stereocenters. The fourth-order valence-electron chi connectivity index (χ4n) is 1.51. The van der Waals surface area contributed by atoms with Crippen molar-refractivity contribution in [2.45, 2.75) is 45.3 Å². The SMILES string of the molecule is CC(C)(C)OC(=O)C[C@@H](O)C1=CC=CCC1=S. The van der Waals surface area contributed by atoms with Crippen molar-refractivity contribution in [1.29, 1.82) is 0 Å². The van der Waals surface area contributed by atoms with Gasteiger partial charge in [-0.2, -0.15) is 0 Å². The zero-order chi connectivity index (χ0) is 13.1. The van der Waals surface area contributed by atoms with Gasteiger partial charge in [-0.05, 0) is 26.3 Å². The Bertz CT molecular complexity index is 375. The molecule has 1 aliphatic carbocycles. The third-order valence-corrected chi connectivity index (χ3v) is 2.58. The van der Waals surface area contributed by atoms with E-state index >= 15 is 0 Å². The molecule has 0 saturated heterocycles. The maximum absolute atomic E-state index is 11.5. The number of ether oxygens (including phenoxy) is 1. The molecular weight excluding hydrogens is 236 g/mol. The van der Waals surface area contributed by atoms with Crippen molar-refractivity contribution in [2.75, 3.05) is 0 Å². The monoisotopic (exact) mass is 254 g/mol. The summed E-state index contributed by atoms with van der Waals surface area (Å²) in [6.45, 7) is 5.39. The minimum absolute atomic E-state index is 0.0584. The number of carbonyl (C=O) groups excluding carboxylic acids is 1. The van der Waals surface area contributed by atoms with Gasteiger partial charge in [0.05, 0.1) is 12.5 Å². The molecule has 0 aromatic carbocycles. The Kier molecular flexibility index (Phi) is 4.60. The molecule has 1 rings (SSSR count). The zero-order valence-corrected chi connectivity index (χ0v) is 11.2. The summed E-state index contributed by atoms with van der Waals surface area (Å²) in [7, 11) is 0. The Morgan fingerprint density at radius 2 is 2.24 bits per heavy atom. The Balaban J connectivity index is 2.57. The first-order valence-corrected chi connectivity index (χ1v) is 6.00. The molecule has 1 aliphatic rings. The summed E-state index contributed by atoms with van der Waals surface area (Å²) < 4.78 is 5.15. The van der Waals surface area contributed by atoms with Crippen LogP contribution in [0.15, 0.2) is 23.8 Å². The van der Waals surface area contributed by atoms with Crippen molar-refractivity contribution >= 4 is 23.1 Å². The van der Waals surface area contributed by atoms with E-state index < -0.39 is 17.7 Å². The molecule has 0 amide bonds. The van der Waals surface area contributed by atoms with Crippen molar-refractivity contribution in [3.05, 3.63) is 23.8 Å². The smallest absolute Gasteiger partial charge is 0.309 e. The van der Waals surface area contributed by atoms with Crippen molar-refractivity contribution in [1.82, 2.24) is 0 Å². The van der Waals surface area contributed by atoms with Gasteiger partial charge < -0.3 is 9.84 Å². The highest BCUT2D eigenvalue weighted by molar-refractivity contribution is 7.80. The van der Waals surface area contributed by atoms with Crippen LogP contribution in [0.2, 0.25) is 0 Å². The molecule has 0 bridgehead atoms. The van der Waals surface area contributed by atoms with E-state index in [0.29, 0.717) is 16.9 Å². The Morgan fingerprint density at radius 3 is 2.76 bits per heavy atom. The van der Waals surface area contributed by atoms with E-state index in [1.54, 1.807) is 26.8 Å².